The van der Waals surface area contributed by atoms with Gasteiger partial charge < -0.3 is 14.8 Å². The van der Waals surface area contributed by atoms with Gasteiger partial charge in [-0.3, -0.25) is 4.79 Å². The number of benzene rings is 1. The van der Waals surface area contributed by atoms with Crippen LogP contribution in [0.3, 0.4) is 0 Å². The van der Waals surface area contributed by atoms with Crippen molar-refractivity contribution in [3.63, 3.8) is 0 Å². The highest BCUT2D eigenvalue weighted by Crippen LogP contribution is 2.27. The van der Waals surface area contributed by atoms with Crippen LogP contribution in [0.15, 0.2) is 41.3 Å². The van der Waals surface area contributed by atoms with E-state index in [0.29, 0.717) is 24.7 Å². The first-order chi connectivity index (χ1) is 11.5. The number of carbonyl (C=O) groups excluding carboxylic acids is 1. The van der Waals surface area contributed by atoms with Crippen LogP contribution in [0.2, 0.25) is 0 Å². The van der Waals surface area contributed by atoms with Crippen molar-refractivity contribution in [3.8, 4) is 0 Å². The number of nitrogens with one attached hydrogen (secondary N) is 1. The molecule has 0 fully saturated rings. The summed E-state index contributed by atoms with van der Waals surface area (Å²) in [7, 11) is 1.67. The van der Waals surface area contributed by atoms with Gasteiger partial charge in [0.25, 0.3) is 5.56 Å². The molecule has 1 N–H and O–H groups in total. The molecule has 1 aromatic heterocycles. The molecule has 2 heterocycles. The van der Waals surface area contributed by atoms with E-state index < -0.39 is 0 Å². The summed E-state index contributed by atoms with van der Waals surface area (Å²) in [6.07, 6.45) is 2.52. The van der Waals surface area contributed by atoms with Crippen LogP contribution >= 0.6 is 0 Å². The number of pyridine rings is 1. The Kier molecular flexibility index (Phi) is 4.42. The molecule has 126 valence electrons. The molecule has 0 aliphatic carbocycles. The number of carbonyl (C=O) groups is 1. The second kappa shape index (κ2) is 6.51. The Morgan fingerprint density at radius 2 is 2.00 bits per heavy atom. The van der Waals surface area contributed by atoms with Crippen molar-refractivity contribution >= 4 is 11.7 Å². The van der Waals surface area contributed by atoms with Gasteiger partial charge in [-0.15, -0.1) is 0 Å². The quantitative estimate of drug-likeness (QED) is 0.922. The number of amides is 2. The largest absolute Gasteiger partial charge is 0.322 e. The lowest BCUT2D eigenvalue weighted by Gasteiger charge is -2.31. The van der Waals surface area contributed by atoms with Crippen LogP contribution in [0.4, 0.5) is 10.5 Å². The molecule has 0 saturated heterocycles. The second-order valence-electron chi connectivity index (χ2n) is 6.58. The molecule has 5 heteroatoms. The van der Waals surface area contributed by atoms with Crippen LogP contribution in [0, 0.1) is 0 Å². The fourth-order valence-electron chi connectivity index (χ4n) is 3.24. The molecule has 0 saturated carbocycles. The summed E-state index contributed by atoms with van der Waals surface area (Å²) in [4.78, 5) is 26.3. The van der Waals surface area contributed by atoms with E-state index in [-0.39, 0.29) is 11.6 Å². The Morgan fingerprint density at radius 1 is 1.21 bits per heavy atom. The van der Waals surface area contributed by atoms with Crippen molar-refractivity contribution < 1.29 is 4.79 Å². The summed E-state index contributed by atoms with van der Waals surface area (Å²) < 4.78 is 1.45. The lowest BCUT2D eigenvalue weighted by molar-refractivity contribution is 0.206. The van der Waals surface area contributed by atoms with Gasteiger partial charge in [0.15, 0.2) is 0 Å². The number of aryl methyl sites for hydroxylation is 1. The molecule has 5 nitrogen and oxygen atoms in total. The van der Waals surface area contributed by atoms with Gasteiger partial charge in [0, 0.05) is 26.3 Å². The summed E-state index contributed by atoms with van der Waals surface area (Å²) in [5.74, 6) is 0.479. The predicted molar refractivity (Wildman–Crippen MR) is 95.3 cm³/mol. The molecular weight excluding hydrogens is 302 g/mol. The Hall–Kier alpha value is -2.56. The minimum Gasteiger partial charge on any atom is -0.320 e. The molecule has 1 aliphatic heterocycles. The summed E-state index contributed by atoms with van der Waals surface area (Å²) in [5, 5.41) is 2.74. The minimum atomic E-state index is -0.223. The van der Waals surface area contributed by atoms with Crippen LogP contribution in [-0.2, 0) is 20.0 Å². The third kappa shape index (κ3) is 3.07. The summed E-state index contributed by atoms with van der Waals surface area (Å²) in [6, 6.07) is 9.48. The zero-order chi connectivity index (χ0) is 17.3. The van der Waals surface area contributed by atoms with Gasteiger partial charge >= 0.3 is 6.03 Å². The molecule has 24 heavy (non-hydrogen) atoms. The van der Waals surface area contributed by atoms with Crippen LogP contribution < -0.4 is 10.9 Å². The standard InChI is InChI=1S/C19H23N3O2/c1-13(2)15-7-4-6-14-12-22(11-9-16(14)15)19(24)20-17-8-5-10-21(3)18(17)23/h4-8,10,13H,9,11-12H2,1-3H3,(H,20,24). The number of aromatic nitrogens is 1. The van der Waals surface area contributed by atoms with E-state index in [4.69, 9.17) is 0 Å². The van der Waals surface area contributed by atoms with E-state index in [2.05, 4.69) is 37.4 Å². The molecule has 0 atom stereocenters. The van der Waals surface area contributed by atoms with Gasteiger partial charge in [-0.1, -0.05) is 32.0 Å². The first-order valence-electron chi connectivity index (χ1n) is 8.29. The third-order valence-electron chi connectivity index (χ3n) is 4.58. The van der Waals surface area contributed by atoms with Gasteiger partial charge in [-0.2, -0.15) is 0 Å². The van der Waals surface area contributed by atoms with E-state index in [1.807, 2.05) is 0 Å². The molecule has 3 rings (SSSR count). The lowest BCUT2D eigenvalue weighted by Crippen LogP contribution is -2.40. The molecule has 0 unspecified atom stereocenters. The van der Waals surface area contributed by atoms with Crippen molar-refractivity contribution in [1.82, 2.24) is 9.47 Å². The van der Waals surface area contributed by atoms with Gasteiger partial charge in [-0.25, -0.2) is 4.79 Å². The molecule has 0 spiro atoms. The van der Waals surface area contributed by atoms with E-state index in [1.54, 1.807) is 30.3 Å². The zero-order valence-electron chi connectivity index (χ0n) is 14.4. The van der Waals surface area contributed by atoms with Crippen molar-refractivity contribution in [1.29, 1.82) is 0 Å². The monoisotopic (exact) mass is 325 g/mol. The van der Waals surface area contributed by atoms with Gasteiger partial charge in [-0.05, 0) is 41.2 Å². The summed E-state index contributed by atoms with van der Waals surface area (Å²) in [6.45, 7) is 5.63. The SMILES string of the molecule is CC(C)c1cccc2c1CCN(C(=O)Nc1cccn(C)c1=O)C2. The van der Waals surface area contributed by atoms with E-state index >= 15 is 0 Å². The number of hydrogen-bond donors (Lipinski definition) is 1. The number of rotatable bonds is 2. The first-order valence-corrected chi connectivity index (χ1v) is 8.29. The molecular formula is C19H23N3O2. The number of hydrogen-bond acceptors (Lipinski definition) is 2. The van der Waals surface area contributed by atoms with Crippen LogP contribution in [0.1, 0.15) is 36.5 Å². The summed E-state index contributed by atoms with van der Waals surface area (Å²) >= 11 is 0. The highest BCUT2D eigenvalue weighted by atomic mass is 16.2. The van der Waals surface area contributed by atoms with Crippen LogP contribution in [0.5, 0.6) is 0 Å². The Balaban J connectivity index is 1.78. The van der Waals surface area contributed by atoms with Crippen molar-refractivity contribution in [3.05, 3.63) is 63.6 Å². The molecule has 2 aromatic rings. The Labute approximate surface area is 141 Å². The van der Waals surface area contributed by atoms with Gasteiger partial charge in [0.05, 0.1) is 0 Å². The van der Waals surface area contributed by atoms with Gasteiger partial charge in [0.2, 0.25) is 0 Å². The average molecular weight is 325 g/mol. The van der Waals surface area contributed by atoms with E-state index in [0.717, 1.165) is 6.42 Å². The average Bonchev–Trinajstić information content (AvgIpc) is 2.57. The van der Waals surface area contributed by atoms with Crippen molar-refractivity contribution in [2.24, 2.45) is 7.05 Å². The maximum absolute atomic E-state index is 12.5. The molecule has 1 aromatic carbocycles. The fourth-order valence-corrected chi connectivity index (χ4v) is 3.24. The minimum absolute atomic E-state index is 0.203. The molecule has 0 bridgehead atoms. The highest BCUT2D eigenvalue weighted by Gasteiger charge is 2.23. The van der Waals surface area contributed by atoms with E-state index in [1.165, 1.54) is 21.3 Å². The van der Waals surface area contributed by atoms with Gasteiger partial charge in [0.1, 0.15) is 5.69 Å². The Morgan fingerprint density at radius 3 is 2.75 bits per heavy atom. The zero-order valence-corrected chi connectivity index (χ0v) is 14.4. The fraction of sp³-hybridized carbons (Fsp3) is 0.368. The predicted octanol–water partition coefficient (Wildman–Crippen LogP) is 3.10. The van der Waals surface area contributed by atoms with Crippen LogP contribution in [0.25, 0.3) is 0 Å². The molecule has 0 radical (unpaired) electrons. The topological polar surface area (TPSA) is 54.3 Å². The maximum atomic E-state index is 12.5. The smallest absolute Gasteiger partial charge is 0.320 e. The maximum Gasteiger partial charge on any atom is 0.322 e. The second-order valence-corrected chi connectivity index (χ2v) is 6.58. The van der Waals surface area contributed by atoms with Crippen LogP contribution in [-0.4, -0.2) is 22.0 Å². The van der Waals surface area contributed by atoms with Crippen molar-refractivity contribution in [2.45, 2.75) is 32.7 Å². The van der Waals surface area contributed by atoms with E-state index in [9.17, 15) is 9.59 Å². The first kappa shape index (κ1) is 16.3. The number of nitrogens with zero attached hydrogens (tertiary/aromatic N) is 2. The number of urea groups is 1. The normalized spacial score (nSPS) is 13.8. The number of fused-ring (bicyclic) bond motifs is 1. The summed E-state index contributed by atoms with van der Waals surface area (Å²) in [5.41, 5.74) is 4.04. The van der Waals surface area contributed by atoms with Crippen molar-refractivity contribution in [2.75, 3.05) is 11.9 Å². The lowest BCUT2D eigenvalue weighted by atomic mass is 9.89. The molecule has 2 amide bonds. The third-order valence-corrected chi connectivity index (χ3v) is 4.58. The Bertz CT molecular complexity index is 824. The highest BCUT2D eigenvalue weighted by molar-refractivity contribution is 5.89. The number of anilines is 1. The molecule has 1 aliphatic rings.